The molecule has 2 aliphatic heterocycles. The first kappa shape index (κ1) is 18.6. The zero-order valence-electron chi connectivity index (χ0n) is 16.3. The highest BCUT2D eigenvalue weighted by Crippen LogP contribution is 2.49. The summed E-state index contributed by atoms with van der Waals surface area (Å²) in [4.78, 5) is 25.4. The number of hydrogen-bond acceptors (Lipinski definition) is 6. The zero-order valence-corrected chi connectivity index (χ0v) is 17.1. The van der Waals surface area contributed by atoms with Crippen LogP contribution in [0.4, 0.5) is 21.8 Å². The number of aromatic nitrogens is 4. The van der Waals surface area contributed by atoms with Crippen molar-refractivity contribution in [2.75, 3.05) is 36.4 Å². The van der Waals surface area contributed by atoms with Gasteiger partial charge in [0.05, 0.1) is 24.0 Å². The predicted molar refractivity (Wildman–Crippen MR) is 107 cm³/mol. The fourth-order valence-electron chi connectivity index (χ4n) is 4.51. The summed E-state index contributed by atoms with van der Waals surface area (Å²) in [5.74, 6) is 1.38. The van der Waals surface area contributed by atoms with Crippen LogP contribution in [-0.2, 0) is 11.8 Å². The number of rotatable bonds is 4. The maximum Gasteiger partial charge on any atom is 0.229 e. The van der Waals surface area contributed by atoms with E-state index in [1.54, 1.807) is 17.1 Å². The van der Waals surface area contributed by atoms with Crippen LogP contribution in [0.3, 0.4) is 0 Å². The number of fused-ring (bicyclic) bond motifs is 1. The van der Waals surface area contributed by atoms with Crippen LogP contribution in [0.1, 0.15) is 13.3 Å². The fraction of sp³-hybridized carbons (Fsp3) is 0.579. The van der Waals surface area contributed by atoms with Crippen LogP contribution in [0.15, 0.2) is 18.6 Å². The van der Waals surface area contributed by atoms with Gasteiger partial charge in [-0.25, -0.2) is 9.37 Å². The molecule has 1 N–H and O–H groups in total. The number of nitrogens with zero attached hydrogens (tertiary/aromatic N) is 6. The molecule has 1 unspecified atom stereocenters. The molecule has 1 amide bonds. The molecule has 2 aromatic rings. The highest BCUT2D eigenvalue weighted by molar-refractivity contribution is 6.32. The van der Waals surface area contributed by atoms with Gasteiger partial charge < -0.3 is 15.1 Å². The molecule has 0 aromatic carbocycles. The van der Waals surface area contributed by atoms with E-state index in [0.717, 1.165) is 18.8 Å². The molecule has 154 valence electrons. The van der Waals surface area contributed by atoms with Crippen LogP contribution in [0.2, 0.25) is 5.02 Å². The van der Waals surface area contributed by atoms with Crippen molar-refractivity contribution in [2.24, 2.45) is 24.8 Å². The van der Waals surface area contributed by atoms with Crippen molar-refractivity contribution in [3.63, 3.8) is 0 Å². The summed E-state index contributed by atoms with van der Waals surface area (Å²) < 4.78 is 15.6. The molecule has 4 atom stereocenters. The van der Waals surface area contributed by atoms with Crippen molar-refractivity contribution >= 4 is 35.0 Å². The molecular weight excluding hydrogens is 397 g/mol. The summed E-state index contributed by atoms with van der Waals surface area (Å²) in [6, 6.07) is 0. The van der Waals surface area contributed by atoms with Gasteiger partial charge in [-0.15, -0.1) is 0 Å². The van der Waals surface area contributed by atoms with Gasteiger partial charge in [-0.1, -0.05) is 11.6 Å². The Morgan fingerprint density at radius 2 is 1.97 bits per heavy atom. The lowest BCUT2D eigenvalue weighted by atomic mass is 10.0. The first-order valence-electron chi connectivity index (χ1n) is 9.81. The number of carbonyl (C=O) groups excluding carboxylic acids is 1. The van der Waals surface area contributed by atoms with E-state index in [-0.39, 0.29) is 5.91 Å². The lowest BCUT2D eigenvalue weighted by Crippen LogP contribution is -2.35. The van der Waals surface area contributed by atoms with Crippen LogP contribution in [-0.4, -0.2) is 62.4 Å². The molecule has 0 radical (unpaired) electrons. The largest absolute Gasteiger partial charge is 0.354 e. The van der Waals surface area contributed by atoms with Crippen molar-refractivity contribution in [1.29, 1.82) is 0 Å². The Balaban J connectivity index is 1.26. The second-order valence-corrected chi connectivity index (χ2v) is 9.00. The van der Waals surface area contributed by atoms with E-state index in [1.165, 1.54) is 6.92 Å². The van der Waals surface area contributed by atoms with Gasteiger partial charge in [-0.2, -0.15) is 10.1 Å². The number of likely N-dealkylation sites (tertiary alicyclic amines) is 1. The van der Waals surface area contributed by atoms with Gasteiger partial charge in [-0.05, 0) is 13.3 Å². The highest BCUT2D eigenvalue weighted by Gasteiger charge is 2.58. The molecule has 3 aliphatic rings. The number of aryl methyl sites for hydroxylation is 1. The van der Waals surface area contributed by atoms with Crippen molar-refractivity contribution in [1.82, 2.24) is 24.6 Å². The number of amides is 1. The summed E-state index contributed by atoms with van der Waals surface area (Å²) in [6.45, 7) is 4.42. The van der Waals surface area contributed by atoms with E-state index in [0.29, 0.717) is 48.1 Å². The molecule has 29 heavy (non-hydrogen) atoms. The third kappa shape index (κ3) is 3.41. The minimum absolute atomic E-state index is 0.0287. The Morgan fingerprint density at radius 1 is 1.28 bits per heavy atom. The van der Waals surface area contributed by atoms with Crippen LogP contribution in [0, 0.1) is 17.8 Å². The summed E-state index contributed by atoms with van der Waals surface area (Å²) in [5.41, 5.74) is -0.513. The minimum Gasteiger partial charge on any atom is -0.354 e. The highest BCUT2D eigenvalue weighted by atomic mass is 35.5. The Kier molecular flexibility index (Phi) is 4.20. The standard InChI is InChI=1S/C19H23ClFN7O/c1-19(21)3-14(19)17(29)28-8-11-6-27(7-12(11)9-28)16-15(20)5-22-18(25-16)24-13-4-23-26(2)10-13/h4-5,10-12,14H,3,6-9H2,1-2H3,(H,22,24,25)/t11-,12+,14-,19?/m0/s1. The third-order valence-corrected chi connectivity index (χ3v) is 6.52. The monoisotopic (exact) mass is 419 g/mol. The van der Waals surface area contributed by atoms with Gasteiger partial charge in [0, 0.05) is 51.3 Å². The Hall–Kier alpha value is -2.42. The number of alkyl halides is 1. The third-order valence-electron chi connectivity index (χ3n) is 6.25. The maximum atomic E-state index is 13.9. The van der Waals surface area contributed by atoms with E-state index in [2.05, 4.69) is 25.3 Å². The molecule has 1 aliphatic carbocycles. The summed E-state index contributed by atoms with van der Waals surface area (Å²) in [7, 11) is 1.84. The van der Waals surface area contributed by atoms with Crippen LogP contribution in [0.5, 0.6) is 0 Å². The summed E-state index contributed by atoms with van der Waals surface area (Å²) in [6.07, 6.45) is 5.49. The molecule has 0 bridgehead atoms. The predicted octanol–water partition coefficient (Wildman–Crippen LogP) is 2.25. The topological polar surface area (TPSA) is 79.2 Å². The zero-order chi connectivity index (χ0) is 20.3. The van der Waals surface area contributed by atoms with Crippen molar-refractivity contribution < 1.29 is 9.18 Å². The summed E-state index contributed by atoms with van der Waals surface area (Å²) in [5, 5.41) is 7.76. The van der Waals surface area contributed by atoms with E-state index in [4.69, 9.17) is 11.6 Å². The first-order valence-corrected chi connectivity index (χ1v) is 10.2. The van der Waals surface area contributed by atoms with Crippen LogP contribution in [0.25, 0.3) is 0 Å². The molecule has 2 aromatic heterocycles. The molecule has 0 spiro atoms. The van der Waals surface area contributed by atoms with E-state index in [1.807, 2.05) is 18.1 Å². The second kappa shape index (κ2) is 6.55. The SMILES string of the molecule is Cn1cc(Nc2ncc(Cl)c(N3C[C@H]4CN(C(=O)[C@@H]5CC5(C)F)C[C@H]4C3)n2)cn1. The molecule has 1 saturated carbocycles. The fourth-order valence-corrected chi connectivity index (χ4v) is 4.72. The van der Waals surface area contributed by atoms with Gasteiger partial charge in [0.2, 0.25) is 11.9 Å². The maximum absolute atomic E-state index is 13.9. The van der Waals surface area contributed by atoms with Gasteiger partial charge in [-0.3, -0.25) is 9.48 Å². The van der Waals surface area contributed by atoms with E-state index < -0.39 is 11.6 Å². The first-order chi connectivity index (χ1) is 13.8. The number of halogens is 2. The lowest BCUT2D eigenvalue weighted by Gasteiger charge is -2.23. The van der Waals surface area contributed by atoms with Crippen LogP contribution >= 0.6 is 11.6 Å². The molecule has 10 heteroatoms. The van der Waals surface area contributed by atoms with E-state index >= 15 is 0 Å². The average Bonchev–Trinajstić information content (AvgIpc) is 3.05. The molecule has 4 heterocycles. The van der Waals surface area contributed by atoms with Gasteiger partial charge in [0.1, 0.15) is 10.7 Å². The van der Waals surface area contributed by atoms with E-state index in [9.17, 15) is 9.18 Å². The minimum atomic E-state index is -1.31. The number of anilines is 3. The van der Waals surface area contributed by atoms with Gasteiger partial charge in [0.25, 0.3) is 0 Å². The Labute approximate surface area is 173 Å². The molecule has 5 rings (SSSR count). The smallest absolute Gasteiger partial charge is 0.229 e. The lowest BCUT2D eigenvalue weighted by molar-refractivity contribution is -0.132. The van der Waals surface area contributed by atoms with Crippen molar-refractivity contribution in [2.45, 2.75) is 19.0 Å². The molecule has 8 nitrogen and oxygen atoms in total. The van der Waals surface area contributed by atoms with Crippen molar-refractivity contribution in [3.8, 4) is 0 Å². The normalized spacial score (nSPS) is 30.6. The Morgan fingerprint density at radius 3 is 2.55 bits per heavy atom. The summed E-state index contributed by atoms with van der Waals surface area (Å²) >= 11 is 6.38. The van der Waals surface area contributed by atoms with Crippen LogP contribution < -0.4 is 10.2 Å². The Bertz CT molecular complexity index is 950. The number of nitrogens with one attached hydrogen (secondary N) is 1. The quantitative estimate of drug-likeness (QED) is 0.818. The van der Waals surface area contributed by atoms with Gasteiger partial charge in [0.15, 0.2) is 5.82 Å². The number of hydrogen-bond donors (Lipinski definition) is 1. The molecule has 3 fully saturated rings. The molecular formula is C19H23ClFN7O. The average molecular weight is 420 g/mol. The second-order valence-electron chi connectivity index (χ2n) is 8.60. The number of carbonyl (C=O) groups is 1. The van der Waals surface area contributed by atoms with Crippen molar-refractivity contribution in [3.05, 3.63) is 23.6 Å². The molecule has 2 saturated heterocycles. The van der Waals surface area contributed by atoms with Gasteiger partial charge >= 0.3 is 0 Å².